The number of hydrogen-bond acceptors (Lipinski definition) is 3. The fraction of sp³-hybridized carbons (Fsp3) is 0.846. The molecule has 20 heavy (non-hydrogen) atoms. The Balaban J connectivity index is 2.35. The van der Waals surface area contributed by atoms with Crippen LogP contribution in [0.1, 0.15) is 39.0 Å². The van der Waals surface area contributed by atoms with E-state index in [1.54, 1.807) is 6.26 Å². The van der Waals surface area contributed by atoms with Gasteiger partial charge in [0.05, 0.1) is 5.41 Å². The Hall–Kier alpha value is -1.11. The van der Waals surface area contributed by atoms with E-state index in [-0.39, 0.29) is 18.6 Å². The first-order valence-electron chi connectivity index (χ1n) is 6.93. The van der Waals surface area contributed by atoms with Gasteiger partial charge >= 0.3 is 12.0 Å². The third-order valence-corrected chi connectivity index (χ3v) is 4.63. The van der Waals surface area contributed by atoms with E-state index < -0.39 is 22.2 Å². The zero-order valence-electron chi connectivity index (χ0n) is 12.1. The molecule has 6 nitrogen and oxygen atoms in total. The normalized spacial score (nSPS) is 20.1. The van der Waals surface area contributed by atoms with E-state index in [0.717, 1.165) is 12.8 Å². The average Bonchev–Trinajstić information content (AvgIpc) is 2.84. The summed E-state index contributed by atoms with van der Waals surface area (Å²) in [5.74, 6) is -0.287. The number of carbonyl (C=O) groups excluding carboxylic acids is 1. The second-order valence-electron chi connectivity index (χ2n) is 5.59. The molecule has 1 fully saturated rings. The minimum atomic E-state index is -0.869. The smallest absolute Gasteiger partial charge is 0.315 e. The Kier molecular flexibility index (Phi) is 6.45. The van der Waals surface area contributed by atoms with Crippen molar-refractivity contribution in [2.45, 2.75) is 45.1 Å². The summed E-state index contributed by atoms with van der Waals surface area (Å²) >= 11 is 0. The van der Waals surface area contributed by atoms with E-state index in [4.69, 9.17) is 0 Å². The molecular formula is C13H24N2O4S. The number of carboxylic acids is 1. The van der Waals surface area contributed by atoms with Crippen LogP contribution in [0, 0.1) is 5.41 Å². The SMILES string of the molecule is CC(CCS(C)=O)NC(=O)NCC1(C(=O)O)CCCC1. The van der Waals surface area contributed by atoms with Crippen molar-refractivity contribution in [3.63, 3.8) is 0 Å². The molecule has 0 aliphatic heterocycles. The molecule has 3 N–H and O–H groups in total. The van der Waals surface area contributed by atoms with Crippen molar-refractivity contribution >= 4 is 22.8 Å². The van der Waals surface area contributed by atoms with Crippen LogP contribution < -0.4 is 10.6 Å². The summed E-state index contributed by atoms with van der Waals surface area (Å²) in [5.41, 5.74) is -0.800. The first-order chi connectivity index (χ1) is 9.35. The van der Waals surface area contributed by atoms with E-state index in [0.29, 0.717) is 25.0 Å². The number of amides is 2. The van der Waals surface area contributed by atoms with Crippen molar-refractivity contribution in [1.82, 2.24) is 10.6 Å². The molecule has 1 rings (SSSR count). The molecule has 0 radical (unpaired) electrons. The van der Waals surface area contributed by atoms with Crippen molar-refractivity contribution < 1.29 is 18.9 Å². The van der Waals surface area contributed by atoms with Gasteiger partial charge in [-0.1, -0.05) is 12.8 Å². The van der Waals surface area contributed by atoms with Crippen LogP contribution in [0.15, 0.2) is 0 Å². The molecule has 1 saturated carbocycles. The number of urea groups is 1. The summed E-state index contributed by atoms with van der Waals surface area (Å²) < 4.78 is 11.0. The number of hydrogen-bond donors (Lipinski definition) is 3. The topological polar surface area (TPSA) is 95.5 Å². The Bertz CT molecular complexity index is 381. The Morgan fingerprint density at radius 1 is 1.35 bits per heavy atom. The maximum atomic E-state index is 11.7. The third-order valence-electron chi connectivity index (χ3n) is 3.82. The summed E-state index contributed by atoms with van der Waals surface area (Å²) in [7, 11) is -0.869. The lowest BCUT2D eigenvalue weighted by atomic mass is 9.86. The molecule has 0 aromatic carbocycles. The van der Waals surface area contributed by atoms with Gasteiger partial charge in [0, 0.05) is 35.4 Å². The van der Waals surface area contributed by atoms with E-state index in [1.165, 1.54) is 0 Å². The predicted octanol–water partition coefficient (Wildman–Crippen LogP) is 1.09. The minimum absolute atomic E-state index is 0.0803. The lowest BCUT2D eigenvalue weighted by molar-refractivity contribution is -0.148. The standard InChI is InChI=1S/C13H24N2O4S/c1-10(5-8-20(2)19)15-12(18)14-9-13(11(16)17)6-3-4-7-13/h10H,3-9H2,1-2H3,(H,16,17)(H2,14,15,18). The Morgan fingerprint density at radius 3 is 2.45 bits per heavy atom. The largest absolute Gasteiger partial charge is 0.481 e. The second kappa shape index (κ2) is 7.61. The van der Waals surface area contributed by atoms with Gasteiger partial charge < -0.3 is 15.7 Å². The van der Waals surface area contributed by atoms with Crippen LogP contribution in [0.5, 0.6) is 0 Å². The molecule has 7 heteroatoms. The van der Waals surface area contributed by atoms with Gasteiger partial charge in [0.15, 0.2) is 0 Å². The first-order valence-corrected chi connectivity index (χ1v) is 8.66. The summed E-state index contributed by atoms with van der Waals surface area (Å²) in [6.07, 6.45) is 5.30. The molecule has 0 aromatic rings. The molecular weight excluding hydrogens is 280 g/mol. The highest BCUT2D eigenvalue weighted by Gasteiger charge is 2.41. The molecule has 0 heterocycles. The molecule has 2 unspecified atom stereocenters. The van der Waals surface area contributed by atoms with Gasteiger partial charge in [-0.3, -0.25) is 9.00 Å². The minimum Gasteiger partial charge on any atom is -0.481 e. The quantitative estimate of drug-likeness (QED) is 0.656. The van der Waals surface area contributed by atoms with Gasteiger partial charge in [-0.25, -0.2) is 4.79 Å². The fourth-order valence-electron chi connectivity index (χ4n) is 2.46. The monoisotopic (exact) mass is 304 g/mol. The van der Waals surface area contributed by atoms with Crippen molar-refractivity contribution in [3.8, 4) is 0 Å². The highest BCUT2D eigenvalue weighted by Crippen LogP contribution is 2.37. The molecule has 0 aromatic heterocycles. The van der Waals surface area contributed by atoms with E-state index >= 15 is 0 Å². The summed E-state index contributed by atoms with van der Waals surface area (Å²) in [5, 5.41) is 14.7. The van der Waals surface area contributed by atoms with Crippen LogP contribution in [0.25, 0.3) is 0 Å². The van der Waals surface area contributed by atoms with Crippen LogP contribution in [-0.4, -0.2) is 45.9 Å². The van der Waals surface area contributed by atoms with Gasteiger partial charge in [-0.2, -0.15) is 0 Å². The number of carbonyl (C=O) groups is 2. The van der Waals surface area contributed by atoms with E-state index in [2.05, 4.69) is 10.6 Å². The fourth-order valence-corrected chi connectivity index (χ4v) is 3.14. The summed E-state index contributed by atoms with van der Waals surface area (Å²) in [6.45, 7) is 2.01. The second-order valence-corrected chi connectivity index (χ2v) is 7.14. The molecule has 2 amide bonds. The van der Waals surface area contributed by atoms with Gasteiger partial charge in [-0.05, 0) is 26.2 Å². The van der Waals surface area contributed by atoms with E-state index in [1.807, 2.05) is 6.92 Å². The number of nitrogens with one attached hydrogen (secondary N) is 2. The molecule has 0 spiro atoms. The lowest BCUT2D eigenvalue weighted by Gasteiger charge is -2.24. The van der Waals surface area contributed by atoms with Gasteiger partial charge in [-0.15, -0.1) is 0 Å². The van der Waals surface area contributed by atoms with Crippen molar-refractivity contribution in [1.29, 1.82) is 0 Å². The molecule has 116 valence electrons. The van der Waals surface area contributed by atoms with Gasteiger partial charge in [0.1, 0.15) is 0 Å². The van der Waals surface area contributed by atoms with Crippen molar-refractivity contribution in [3.05, 3.63) is 0 Å². The summed E-state index contributed by atoms with van der Waals surface area (Å²) in [4.78, 5) is 23.1. The Morgan fingerprint density at radius 2 is 1.95 bits per heavy atom. The Labute approximate surface area is 122 Å². The summed E-state index contributed by atoms with van der Waals surface area (Å²) in [6, 6.07) is -0.435. The van der Waals surface area contributed by atoms with Crippen molar-refractivity contribution in [2.75, 3.05) is 18.6 Å². The van der Waals surface area contributed by atoms with Gasteiger partial charge in [0.2, 0.25) is 0 Å². The zero-order chi connectivity index (χ0) is 15.2. The van der Waals surface area contributed by atoms with Crippen LogP contribution >= 0.6 is 0 Å². The van der Waals surface area contributed by atoms with Crippen LogP contribution in [0.2, 0.25) is 0 Å². The molecule has 0 bridgehead atoms. The zero-order valence-corrected chi connectivity index (χ0v) is 12.9. The van der Waals surface area contributed by atoms with Gasteiger partial charge in [0.25, 0.3) is 0 Å². The molecule has 1 aliphatic carbocycles. The number of carboxylic acid groups (broad SMARTS) is 1. The predicted molar refractivity (Wildman–Crippen MR) is 78.1 cm³/mol. The highest BCUT2D eigenvalue weighted by molar-refractivity contribution is 7.84. The van der Waals surface area contributed by atoms with Crippen LogP contribution in [0.3, 0.4) is 0 Å². The molecule has 2 atom stereocenters. The molecule has 0 saturated heterocycles. The first kappa shape index (κ1) is 16.9. The highest BCUT2D eigenvalue weighted by atomic mass is 32.2. The number of rotatable bonds is 7. The average molecular weight is 304 g/mol. The number of aliphatic carboxylic acids is 1. The maximum absolute atomic E-state index is 11.7. The van der Waals surface area contributed by atoms with E-state index in [9.17, 15) is 18.9 Å². The van der Waals surface area contributed by atoms with Crippen molar-refractivity contribution in [2.24, 2.45) is 5.41 Å². The maximum Gasteiger partial charge on any atom is 0.315 e. The third kappa shape index (κ3) is 5.11. The van der Waals surface area contributed by atoms with Crippen LogP contribution in [-0.2, 0) is 15.6 Å². The van der Waals surface area contributed by atoms with Crippen LogP contribution in [0.4, 0.5) is 4.79 Å². The lowest BCUT2D eigenvalue weighted by Crippen LogP contribution is -2.47. The molecule has 1 aliphatic rings.